The topological polar surface area (TPSA) is 63.6 Å². The van der Waals surface area contributed by atoms with Crippen LogP contribution in [0.25, 0.3) is 5.57 Å². The Kier molecular flexibility index (Phi) is 6.18. The molecule has 25 heavy (non-hydrogen) atoms. The maximum atomic E-state index is 12.4. The monoisotopic (exact) mass is 342 g/mol. The molecule has 0 aromatic heterocycles. The van der Waals surface area contributed by atoms with Gasteiger partial charge in [0, 0.05) is 5.92 Å². The highest BCUT2D eigenvalue weighted by Crippen LogP contribution is 2.28. The Morgan fingerprint density at radius 2 is 1.84 bits per heavy atom. The third-order valence-electron chi connectivity index (χ3n) is 4.41. The second-order valence-electron chi connectivity index (χ2n) is 7.04. The van der Waals surface area contributed by atoms with Gasteiger partial charge in [-0.2, -0.15) is 0 Å². The molecule has 4 nitrogen and oxygen atoms in total. The molecule has 1 aromatic carbocycles. The van der Waals surface area contributed by atoms with Gasteiger partial charge in [-0.05, 0) is 36.8 Å². The van der Waals surface area contributed by atoms with E-state index in [1.54, 1.807) is 6.92 Å². The number of aliphatic hydroxyl groups is 1. The molecule has 4 heteroatoms. The highest BCUT2D eigenvalue weighted by atomic mass is 16.6. The summed E-state index contributed by atoms with van der Waals surface area (Å²) < 4.78 is 5.14. The van der Waals surface area contributed by atoms with E-state index in [4.69, 9.17) is 4.74 Å². The van der Waals surface area contributed by atoms with Gasteiger partial charge in [-0.25, -0.2) is 4.79 Å². The van der Waals surface area contributed by atoms with Crippen LogP contribution in [0.1, 0.15) is 46.1 Å². The van der Waals surface area contributed by atoms with E-state index >= 15 is 0 Å². The molecule has 1 heterocycles. The van der Waals surface area contributed by atoms with E-state index in [0.717, 1.165) is 11.1 Å². The van der Waals surface area contributed by atoms with Crippen LogP contribution in [0.4, 0.5) is 0 Å². The standard InChI is InChI=1S/C21H26O4/c1-13(2)12-17-20(23)18(21(24)25-17)19(22)15(4)11-10-14(3)16-8-6-5-7-9-16/h5-10,13,15,17,22H,11-12H2,1-4H3/b14-10-,19-18-. The van der Waals surface area contributed by atoms with E-state index in [2.05, 4.69) is 0 Å². The number of ether oxygens (including phenoxy) is 1. The van der Waals surface area contributed by atoms with Crippen LogP contribution in [-0.2, 0) is 14.3 Å². The molecule has 1 saturated heterocycles. The van der Waals surface area contributed by atoms with Crippen LogP contribution in [-0.4, -0.2) is 23.0 Å². The highest BCUT2D eigenvalue weighted by Gasteiger charge is 2.41. The molecule has 1 aliphatic rings. The number of carbonyl (C=O) groups is 2. The summed E-state index contributed by atoms with van der Waals surface area (Å²) in [4.78, 5) is 24.4. The molecule has 0 spiro atoms. The van der Waals surface area contributed by atoms with Gasteiger partial charge in [0.2, 0.25) is 5.78 Å². The number of carbonyl (C=O) groups excluding carboxylic acids is 2. The third-order valence-corrected chi connectivity index (χ3v) is 4.41. The van der Waals surface area contributed by atoms with Crippen LogP contribution >= 0.6 is 0 Å². The molecule has 0 amide bonds. The fourth-order valence-corrected chi connectivity index (χ4v) is 2.85. The van der Waals surface area contributed by atoms with Crippen LogP contribution in [0.2, 0.25) is 0 Å². The Labute approximate surface area is 149 Å². The van der Waals surface area contributed by atoms with Gasteiger partial charge in [0.15, 0.2) is 6.10 Å². The molecule has 2 rings (SSSR count). The van der Waals surface area contributed by atoms with Gasteiger partial charge in [-0.3, -0.25) is 4.79 Å². The Balaban J connectivity index is 2.13. The van der Waals surface area contributed by atoms with Crippen molar-refractivity contribution in [2.45, 2.75) is 46.6 Å². The Bertz CT molecular complexity index is 698. The third kappa shape index (κ3) is 4.59. The second kappa shape index (κ2) is 8.15. The zero-order valence-electron chi connectivity index (χ0n) is 15.3. The average Bonchev–Trinajstić information content (AvgIpc) is 2.85. The molecule has 2 atom stereocenters. The summed E-state index contributed by atoms with van der Waals surface area (Å²) in [6.45, 7) is 7.72. The molecular weight excluding hydrogens is 316 g/mol. The summed E-state index contributed by atoms with van der Waals surface area (Å²) in [6, 6.07) is 9.93. The predicted octanol–water partition coefficient (Wildman–Crippen LogP) is 4.47. The van der Waals surface area contributed by atoms with Crippen LogP contribution in [0.3, 0.4) is 0 Å². The molecule has 0 aliphatic carbocycles. The number of benzene rings is 1. The molecule has 1 fully saturated rings. The summed E-state index contributed by atoms with van der Waals surface area (Å²) in [5, 5.41) is 10.4. The fourth-order valence-electron chi connectivity index (χ4n) is 2.85. The lowest BCUT2D eigenvalue weighted by Gasteiger charge is -2.11. The van der Waals surface area contributed by atoms with Gasteiger partial charge in [0.25, 0.3) is 0 Å². The van der Waals surface area contributed by atoms with Crippen molar-refractivity contribution in [3.63, 3.8) is 0 Å². The van der Waals surface area contributed by atoms with Gasteiger partial charge < -0.3 is 9.84 Å². The van der Waals surface area contributed by atoms with Crippen molar-refractivity contribution in [3.05, 3.63) is 53.3 Å². The van der Waals surface area contributed by atoms with E-state index in [-0.39, 0.29) is 23.2 Å². The molecule has 1 N–H and O–H groups in total. The van der Waals surface area contributed by atoms with E-state index in [1.807, 2.05) is 57.2 Å². The van der Waals surface area contributed by atoms with Crippen molar-refractivity contribution in [2.75, 3.05) is 0 Å². The van der Waals surface area contributed by atoms with Crippen molar-refractivity contribution in [1.29, 1.82) is 0 Å². The quantitative estimate of drug-likeness (QED) is 0.358. The van der Waals surface area contributed by atoms with Crippen molar-refractivity contribution in [2.24, 2.45) is 11.8 Å². The fraction of sp³-hybridized carbons (Fsp3) is 0.429. The number of allylic oxidation sites excluding steroid dienone is 3. The minimum Gasteiger partial charge on any atom is -0.511 e. The number of hydrogen-bond donors (Lipinski definition) is 1. The van der Waals surface area contributed by atoms with Crippen LogP contribution in [0.15, 0.2) is 47.7 Å². The molecule has 0 saturated carbocycles. The van der Waals surface area contributed by atoms with Crippen LogP contribution in [0, 0.1) is 11.8 Å². The lowest BCUT2D eigenvalue weighted by molar-refractivity contribution is -0.141. The summed E-state index contributed by atoms with van der Waals surface area (Å²) in [5.74, 6) is -1.37. The number of ketones is 1. The Hall–Kier alpha value is -2.36. The predicted molar refractivity (Wildman–Crippen MR) is 97.9 cm³/mol. The summed E-state index contributed by atoms with van der Waals surface area (Å²) in [5.41, 5.74) is 2.02. The molecule has 0 bridgehead atoms. The first-order chi connectivity index (χ1) is 11.8. The first-order valence-electron chi connectivity index (χ1n) is 8.71. The highest BCUT2D eigenvalue weighted by molar-refractivity contribution is 6.23. The minimum absolute atomic E-state index is 0.168. The first-order valence-corrected chi connectivity index (χ1v) is 8.71. The van der Waals surface area contributed by atoms with Gasteiger partial charge in [-0.1, -0.05) is 57.2 Å². The second-order valence-corrected chi connectivity index (χ2v) is 7.04. The van der Waals surface area contributed by atoms with Gasteiger partial charge in [-0.15, -0.1) is 0 Å². The SMILES string of the molecule is C/C(=C/CC(C)/C(O)=C1/C(=O)OC(CC(C)C)C1=O)c1ccccc1. The zero-order valence-corrected chi connectivity index (χ0v) is 15.3. The molecule has 1 aliphatic heterocycles. The van der Waals surface area contributed by atoms with Gasteiger partial charge in [0.05, 0.1) is 0 Å². The van der Waals surface area contributed by atoms with Crippen molar-refractivity contribution >= 4 is 17.3 Å². The number of cyclic esters (lactones) is 1. The van der Waals surface area contributed by atoms with Crippen molar-refractivity contribution < 1.29 is 19.4 Å². The van der Waals surface area contributed by atoms with Crippen molar-refractivity contribution in [1.82, 2.24) is 0 Å². The van der Waals surface area contributed by atoms with Crippen molar-refractivity contribution in [3.8, 4) is 0 Å². The minimum atomic E-state index is -0.765. The summed E-state index contributed by atoms with van der Waals surface area (Å²) in [6.07, 6.45) is 2.25. The number of esters is 1. The number of rotatable bonds is 6. The van der Waals surface area contributed by atoms with Gasteiger partial charge in [0.1, 0.15) is 11.3 Å². The first kappa shape index (κ1) is 19.0. The summed E-state index contributed by atoms with van der Waals surface area (Å²) in [7, 11) is 0. The molecular formula is C21H26O4. The smallest absolute Gasteiger partial charge is 0.346 e. The zero-order chi connectivity index (χ0) is 18.6. The van der Waals surface area contributed by atoms with E-state index in [9.17, 15) is 14.7 Å². The molecule has 134 valence electrons. The Morgan fingerprint density at radius 3 is 2.44 bits per heavy atom. The summed E-state index contributed by atoms with van der Waals surface area (Å²) >= 11 is 0. The lowest BCUT2D eigenvalue weighted by atomic mass is 9.94. The van der Waals surface area contributed by atoms with Crippen LogP contribution in [0.5, 0.6) is 0 Å². The number of Topliss-reactive ketones (excluding diaryl/α,β-unsaturated/α-hetero) is 1. The molecule has 2 unspecified atom stereocenters. The van der Waals surface area contributed by atoms with E-state index < -0.39 is 17.9 Å². The molecule has 0 radical (unpaired) electrons. The number of aliphatic hydroxyl groups excluding tert-OH is 1. The van der Waals surface area contributed by atoms with E-state index in [0.29, 0.717) is 12.8 Å². The Morgan fingerprint density at radius 1 is 1.20 bits per heavy atom. The maximum absolute atomic E-state index is 12.4. The largest absolute Gasteiger partial charge is 0.511 e. The van der Waals surface area contributed by atoms with Crippen LogP contribution < -0.4 is 0 Å². The normalized spacial score (nSPS) is 21.5. The average molecular weight is 342 g/mol. The number of hydrogen-bond acceptors (Lipinski definition) is 4. The van der Waals surface area contributed by atoms with Gasteiger partial charge >= 0.3 is 5.97 Å². The molecule has 1 aromatic rings. The maximum Gasteiger partial charge on any atom is 0.346 e. The van der Waals surface area contributed by atoms with E-state index in [1.165, 1.54) is 0 Å². The lowest BCUT2D eigenvalue weighted by Crippen LogP contribution is -2.19.